The van der Waals surface area contributed by atoms with Gasteiger partial charge in [-0.1, -0.05) is 6.58 Å². The van der Waals surface area contributed by atoms with Crippen LogP contribution in [0.2, 0.25) is 0 Å². The zero-order valence-corrected chi connectivity index (χ0v) is 5.29. The molecule has 0 aliphatic heterocycles. The predicted molar refractivity (Wildman–Crippen MR) is 35.4 cm³/mol. The number of carbonyl (C=O) groups excluding carboxylic acids is 1. The fourth-order valence-corrected chi connectivity index (χ4v) is 0.234. The molecular weight excluding hydrogens is 118 g/mol. The molecular formula is C6H9NO2. The summed E-state index contributed by atoms with van der Waals surface area (Å²) in [5, 5.41) is 8.17. The van der Waals surface area contributed by atoms with Crippen molar-refractivity contribution in [2.24, 2.45) is 4.99 Å². The Hall–Kier alpha value is -0.960. The minimum atomic E-state index is -0.385. The molecule has 0 aliphatic carbocycles. The molecule has 0 aromatic rings. The maximum absolute atomic E-state index is 10.5. The molecule has 0 aromatic heterocycles. The fourth-order valence-electron chi connectivity index (χ4n) is 0.234. The summed E-state index contributed by atoms with van der Waals surface area (Å²) in [5.74, 6) is -0.385. The summed E-state index contributed by atoms with van der Waals surface area (Å²) < 4.78 is 0. The molecule has 1 N–H and O–H groups in total. The highest BCUT2D eigenvalue weighted by atomic mass is 16.3. The number of carbonyl (C=O) groups is 1. The van der Waals surface area contributed by atoms with E-state index in [2.05, 4.69) is 11.6 Å². The lowest BCUT2D eigenvalue weighted by Crippen LogP contribution is -1.95. The Morgan fingerprint density at radius 2 is 2.44 bits per heavy atom. The van der Waals surface area contributed by atoms with Crippen LogP contribution in [0.15, 0.2) is 17.1 Å². The van der Waals surface area contributed by atoms with Gasteiger partial charge >= 0.3 is 0 Å². The lowest BCUT2D eigenvalue weighted by atomic mass is 10.3. The number of hydrogen-bond acceptors (Lipinski definition) is 2. The molecule has 50 valence electrons. The monoisotopic (exact) mass is 127 g/mol. The summed E-state index contributed by atoms with van der Waals surface area (Å²) in [6.45, 7) is 4.72. The molecule has 1 amide bonds. The third-order valence-corrected chi connectivity index (χ3v) is 0.655. The van der Waals surface area contributed by atoms with Crippen LogP contribution in [0.4, 0.5) is 0 Å². The van der Waals surface area contributed by atoms with Crippen molar-refractivity contribution in [3.8, 4) is 0 Å². The van der Waals surface area contributed by atoms with Crippen LogP contribution in [0.3, 0.4) is 0 Å². The Kier molecular flexibility index (Phi) is 3.55. The standard InChI is InChI=1S/C6H9NO2/c1-5(2)6(9)7-3-4-8/h3,8H,1,4H2,2H3. The number of nitrogens with zero attached hydrogens (tertiary/aromatic N) is 1. The van der Waals surface area contributed by atoms with Crippen LogP contribution >= 0.6 is 0 Å². The minimum Gasteiger partial charge on any atom is -0.391 e. The van der Waals surface area contributed by atoms with Gasteiger partial charge in [0.05, 0.1) is 6.61 Å². The summed E-state index contributed by atoms with van der Waals surface area (Å²) in [7, 11) is 0. The largest absolute Gasteiger partial charge is 0.391 e. The third-order valence-electron chi connectivity index (χ3n) is 0.655. The van der Waals surface area contributed by atoms with Crippen molar-refractivity contribution >= 4 is 12.1 Å². The predicted octanol–water partition coefficient (Wildman–Crippen LogP) is 0.152. The maximum atomic E-state index is 10.5. The number of aliphatic hydroxyl groups excluding tert-OH is 1. The van der Waals surface area contributed by atoms with Gasteiger partial charge in [0.25, 0.3) is 5.91 Å². The van der Waals surface area contributed by atoms with Crippen LogP contribution in [-0.2, 0) is 4.79 Å². The highest BCUT2D eigenvalue weighted by Gasteiger charge is 1.94. The molecule has 3 heteroatoms. The SMILES string of the molecule is C=C(C)C(=O)N=CCO. The lowest BCUT2D eigenvalue weighted by Gasteiger charge is -1.86. The van der Waals surface area contributed by atoms with Crippen molar-refractivity contribution in [2.75, 3.05) is 6.61 Å². The summed E-state index contributed by atoms with van der Waals surface area (Å²) in [6, 6.07) is 0. The third kappa shape index (κ3) is 3.61. The molecule has 0 fully saturated rings. The topological polar surface area (TPSA) is 49.7 Å². The molecule has 0 bridgehead atoms. The van der Waals surface area contributed by atoms with Gasteiger partial charge in [-0.15, -0.1) is 0 Å². The van der Waals surface area contributed by atoms with E-state index in [0.717, 1.165) is 6.21 Å². The summed E-state index contributed by atoms with van der Waals surface area (Å²) >= 11 is 0. The second-order valence-electron chi connectivity index (χ2n) is 1.58. The van der Waals surface area contributed by atoms with E-state index >= 15 is 0 Å². The average Bonchev–Trinajstić information content (AvgIpc) is 1.82. The molecule has 0 radical (unpaired) electrons. The molecule has 0 aliphatic rings. The molecule has 0 saturated carbocycles. The number of aliphatic hydroxyl groups is 1. The van der Waals surface area contributed by atoms with Gasteiger partial charge < -0.3 is 5.11 Å². The molecule has 0 saturated heterocycles. The van der Waals surface area contributed by atoms with Crippen molar-refractivity contribution < 1.29 is 9.90 Å². The van der Waals surface area contributed by atoms with Crippen molar-refractivity contribution in [3.05, 3.63) is 12.2 Å². The highest BCUT2D eigenvalue weighted by molar-refractivity contribution is 5.97. The van der Waals surface area contributed by atoms with E-state index in [0.29, 0.717) is 5.57 Å². The zero-order valence-electron chi connectivity index (χ0n) is 5.29. The Morgan fingerprint density at radius 1 is 1.89 bits per heavy atom. The molecule has 0 heterocycles. The van der Waals surface area contributed by atoms with Crippen molar-refractivity contribution in [2.45, 2.75) is 6.92 Å². The van der Waals surface area contributed by atoms with E-state index in [1.807, 2.05) is 0 Å². The number of hydrogen-bond donors (Lipinski definition) is 1. The van der Waals surface area contributed by atoms with Crippen LogP contribution in [0.25, 0.3) is 0 Å². The zero-order chi connectivity index (χ0) is 7.28. The van der Waals surface area contributed by atoms with Crippen molar-refractivity contribution in [3.63, 3.8) is 0 Å². The Balaban J connectivity index is 3.77. The molecule has 0 aromatic carbocycles. The minimum absolute atomic E-state index is 0.209. The first-order valence-corrected chi connectivity index (χ1v) is 2.51. The van der Waals surface area contributed by atoms with E-state index < -0.39 is 0 Å². The van der Waals surface area contributed by atoms with Crippen LogP contribution in [0.1, 0.15) is 6.92 Å². The second-order valence-corrected chi connectivity index (χ2v) is 1.58. The van der Waals surface area contributed by atoms with E-state index in [1.165, 1.54) is 0 Å². The molecule has 0 atom stereocenters. The normalized spacial score (nSPS) is 10.0. The average molecular weight is 127 g/mol. The van der Waals surface area contributed by atoms with E-state index in [4.69, 9.17) is 5.11 Å². The number of amides is 1. The molecule has 0 unspecified atom stereocenters. The molecule has 0 rings (SSSR count). The first-order valence-electron chi connectivity index (χ1n) is 2.51. The Bertz CT molecular complexity index is 149. The summed E-state index contributed by atoms with van der Waals surface area (Å²) in [4.78, 5) is 13.8. The van der Waals surface area contributed by atoms with Gasteiger partial charge in [-0.05, 0) is 6.92 Å². The highest BCUT2D eigenvalue weighted by Crippen LogP contribution is 1.88. The Morgan fingerprint density at radius 3 is 2.78 bits per heavy atom. The maximum Gasteiger partial charge on any atom is 0.271 e. The van der Waals surface area contributed by atoms with Gasteiger partial charge in [-0.25, -0.2) is 4.99 Å². The molecule has 3 nitrogen and oxygen atoms in total. The number of rotatable bonds is 2. The second kappa shape index (κ2) is 3.97. The Labute approximate surface area is 53.7 Å². The van der Waals surface area contributed by atoms with Crippen LogP contribution in [0, 0.1) is 0 Å². The molecule has 0 spiro atoms. The van der Waals surface area contributed by atoms with Gasteiger partial charge in [0.15, 0.2) is 0 Å². The summed E-state index contributed by atoms with van der Waals surface area (Å²) in [5.41, 5.74) is 0.375. The van der Waals surface area contributed by atoms with Gasteiger partial charge in [0.1, 0.15) is 0 Å². The number of aliphatic imine (C=N–C) groups is 1. The van der Waals surface area contributed by atoms with E-state index in [9.17, 15) is 4.79 Å². The van der Waals surface area contributed by atoms with E-state index in [-0.39, 0.29) is 12.5 Å². The molecule has 9 heavy (non-hydrogen) atoms. The van der Waals surface area contributed by atoms with Gasteiger partial charge in [-0.3, -0.25) is 4.79 Å². The fraction of sp³-hybridized carbons (Fsp3) is 0.333. The van der Waals surface area contributed by atoms with Crippen molar-refractivity contribution in [1.29, 1.82) is 0 Å². The van der Waals surface area contributed by atoms with Gasteiger partial charge in [-0.2, -0.15) is 0 Å². The van der Waals surface area contributed by atoms with Gasteiger partial charge in [0.2, 0.25) is 0 Å². The van der Waals surface area contributed by atoms with Crippen LogP contribution < -0.4 is 0 Å². The van der Waals surface area contributed by atoms with Crippen LogP contribution in [0.5, 0.6) is 0 Å². The first kappa shape index (κ1) is 8.04. The summed E-state index contributed by atoms with van der Waals surface area (Å²) in [6.07, 6.45) is 1.14. The van der Waals surface area contributed by atoms with Crippen molar-refractivity contribution in [1.82, 2.24) is 0 Å². The smallest absolute Gasteiger partial charge is 0.271 e. The van der Waals surface area contributed by atoms with E-state index in [1.54, 1.807) is 6.92 Å². The van der Waals surface area contributed by atoms with Crippen LogP contribution in [-0.4, -0.2) is 23.8 Å². The lowest BCUT2D eigenvalue weighted by molar-refractivity contribution is -0.114. The quantitative estimate of drug-likeness (QED) is 0.424. The first-order chi connectivity index (χ1) is 4.18. The van der Waals surface area contributed by atoms with Gasteiger partial charge in [0, 0.05) is 11.8 Å².